The molecule has 0 amide bonds. The quantitative estimate of drug-likeness (QED) is 0.133. The van der Waals surface area contributed by atoms with Crippen LogP contribution in [0.25, 0.3) is 72.5 Å². The van der Waals surface area contributed by atoms with Gasteiger partial charge in [-0.15, -0.1) is 58.7 Å². The van der Waals surface area contributed by atoms with E-state index in [-0.39, 0.29) is 42.1 Å². The molecule has 0 unspecified atom stereocenters. The Bertz CT molecular complexity index is 2920. The molecule has 0 bridgehead atoms. The minimum absolute atomic E-state index is 0. The molecule has 0 saturated heterocycles. The molecule has 0 radical (unpaired) electrons. The summed E-state index contributed by atoms with van der Waals surface area (Å²) in [5.74, 6) is 2.50. The average Bonchev–Trinajstić information content (AvgIpc) is 3.60. The monoisotopic (exact) mass is 1150 g/mol. The van der Waals surface area contributed by atoms with E-state index >= 15 is 0 Å². The van der Waals surface area contributed by atoms with Crippen molar-refractivity contribution in [2.24, 2.45) is 0 Å². The molecule has 10 aromatic rings. The number of aromatic nitrogens is 6. The predicted molar refractivity (Wildman–Crippen MR) is 229 cm³/mol. The molecule has 298 valence electrons. The van der Waals surface area contributed by atoms with Gasteiger partial charge in [0.1, 0.15) is 12.7 Å². The summed E-state index contributed by atoms with van der Waals surface area (Å²) in [6.45, 7) is 4.15. The van der Waals surface area contributed by atoms with E-state index < -0.39 is 0 Å². The van der Waals surface area contributed by atoms with Crippen molar-refractivity contribution in [2.75, 3.05) is 0 Å². The first kappa shape index (κ1) is 41.2. The van der Waals surface area contributed by atoms with Gasteiger partial charge in [0, 0.05) is 35.4 Å². The van der Waals surface area contributed by atoms with Crippen molar-refractivity contribution in [3.05, 3.63) is 194 Å². The van der Waals surface area contributed by atoms with E-state index in [0.29, 0.717) is 40.0 Å². The van der Waals surface area contributed by atoms with Crippen molar-refractivity contribution in [1.29, 1.82) is 0 Å². The smallest absolute Gasteiger partial charge is 0.502 e. The van der Waals surface area contributed by atoms with Gasteiger partial charge in [-0.3, -0.25) is 0 Å². The van der Waals surface area contributed by atoms with Crippen LogP contribution < -0.4 is 9.47 Å². The van der Waals surface area contributed by atoms with E-state index in [0.717, 1.165) is 66.7 Å². The third-order valence-electron chi connectivity index (χ3n) is 10.1. The van der Waals surface area contributed by atoms with Crippen LogP contribution in [0.1, 0.15) is 11.1 Å². The van der Waals surface area contributed by atoms with Gasteiger partial charge in [0.2, 0.25) is 5.95 Å². The molecule has 0 spiro atoms. The number of nitrogens with zero attached hydrogens (tertiary/aromatic N) is 6. The van der Waals surface area contributed by atoms with Crippen LogP contribution in [0.2, 0.25) is 0 Å². The van der Waals surface area contributed by atoms with Gasteiger partial charge in [-0.1, -0.05) is 144 Å². The second-order valence-corrected chi connectivity index (χ2v) is 13.9. The van der Waals surface area contributed by atoms with Crippen LogP contribution in [-0.2, 0) is 42.1 Å². The molecule has 61 heavy (non-hydrogen) atoms. The molecule has 0 fully saturated rings. The maximum absolute atomic E-state index is 6.77. The van der Waals surface area contributed by atoms with Crippen LogP contribution in [-0.4, -0.2) is 29.5 Å². The van der Waals surface area contributed by atoms with Gasteiger partial charge in [-0.05, 0) is 23.5 Å². The minimum atomic E-state index is 0. The first-order valence-corrected chi connectivity index (χ1v) is 19.1. The summed E-state index contributed by atoms with van der Waals surface area (Å²) in [7, 11) is 0. The molecule has 4 aromatic heterocycles. The van der Waals surface area contributed by atoms with Gasteiger partial charge in [0.05, 0.1) is 0 Å². The van der Waals surface area contributed by atoms with Crippen LogP contribution in [0.5, 0.6) is 23.0 Å². The summed E-state index contributed by atoms with van der Waals surface area (Å²) in [6, 6.07) is 58.3. The molecule has 0 N–H and O–H groups in total. The molecule has 0 saturated carbocycles. The summed E-state index contributed by atoms with van der Waals surface area (Å²) in [5, 5.41) is 1.82. The fourth-order valence-electron chi connectivity index (χ4n) is 7.49. The second-order valence-electron chi connectivity index (χ2n) is 13.9. The van der Waals surface area contributed by atoms with Crippen LogP contribution in [0.15, 0.2) is 159 Å². The Kier molecular flexibility index (Phi) is 12.1. The first-order chi connectivity index (χ1) is 29.1. The summed E-state index contributed by atoms with van der Waals surface area (Å²) < 4.78 is 15.4. The van der Waals surface area contributed by atoms with E-state index in [1.165, 1.54) is 12.7 Å². The number of ether oxygens (including phenoxy) is 2. The van der Waals surface area contributed by atoms with E-state index in [1.807, 2.05) is 102 Å². The Hall–Kier alpha value is -6.59. The van der Waals surface area contributed by atoms with Crippen molar-refractivity contribution in [2.45, 2.75) is 13.8 Å². The molecular weight excluding hydrogens is 1120 g/mol. The average molecular weight is 1150 g/mol. The zero-order valence-electron chi connectivity index (χ0n) is 32.6. The minimum Gasteiger partial charge on any atom is -0.502 e. The fourth-order valence-corrected chi connectivity index (χ4v) is 7.49. The molecule has 0 aliphatic rings. The van der Waals surface area contributed by atoms with Crippen molar-refractivity contribution in [1.82, 2.24) is 29.5 Å². The van der Waals surface area contributed by atoms with Crippen LogP contribution >= 0.6 is 0 Å². The Balaban J connectivity index is 0.00000257. The van der Waals surface area contributed by atoms with Gasteiger partial charge < -0.3 is 24.0 Å². The number of benzene rings is 6. The molecule has 0 aliphatic heterocycles. The Morgan fingerprint density at radius 3 is 1.34 bits per heavy atom. The van der Waals surface area contributed by atoms with E-state index in [4.69, 9.17) is 9.47 Å². The maximum atomic E-state index is 6.77. The van der Waals surface area contributed by atoms with Crippen molar-refractivity contribution < 1.29 is 51.6 Å². The summed E-state index contributed by atoms with van der Waals surface area (Å²) in [5.41, 5.74) is 10.6. The van der Waals surface area contributed by atoms with Crippen LogP contribution in [0.4, 0.5) is 0 Å². The predicted octanol–water partition coefficient (Wildman–Crippen LogP) is 11.8. The van der Waals surface area contributed by atoms with E-state index in [2.05, 4.69) is 99.4 Å². The topological polar surface area (TPSA) is 87.8 Å². The largest absolute Gasteiger partial charge is 2.00 e. The molecule has 0 atom stereocenters. The molecule has 4 heterocycles. The molecule has 10 heteroatoms. The second kappa shape index (κ2) is 17.9. The van der Waals surface area contributed by atoms with Gasteiger partial charge in [-0.25, -0.2) is 15.0 Å². The maximum Gasteiger partial charge on any atom is 2.00 e. The molecular formula is C51H32N6O2Pt2. The normalized spacial score (nSPS) is 10.9. The molecule has 6 aromatic carbocycles. The molecule has 10 rings (SSSR count). The number of aryl methyl sites for hydroxylation is 2. The van der Waals surface area contributed by atoms with Gasteiger partial charge in [-0.2, -0.15) is 22.9 Å². The third kappa shape index (κ3) is 8.17. The number of fused-ring (bicyclic) bond motifs is 3. The summed E-state index contributed by atoms with van der Waals surface area (Å²) >= 11 is 0. The number of pyridine rings is 2. The Morgan fingerprint density at radius 1 is 0.475 bits per heavy atom. The van der Waals surface area contributed by atoms with Crippen molar-refractivity contribution in [3.63, 3.8) is 0 Å². The summed E-state index contributed by atoms with van der Waals surface area (Å²) in [4.78, 5) is 22.4. The molecule has 0 aliphatic carbocycles. The van der Waals surface area contributed by atoms with Crippen molar-refractivity contribution >= 4 is 21.8 Å². The standard InChI is InChI=1S/C51H32N6O2.2Pt/c1-33-25-37(43-17-9-11-23-53-43)27-47(49(33)35-13-5-3-6-14-35)58-39-19-21-41-42-22-20-40(30-46(42)57(45(41)29-39)51-55-31-52-32-56-51)59-48-28-38(44-18-10-12-24-54-44)26-34(2)50(48)36-15-7-4-8-16-36;;/h3-26,31-32H,1-2H3;;/q-4;2*+2. The van der Waals surface area contributed by atoms with Gasteiger partial charge >= 0.3 is 42.1 Å². The fraction of sp³-hybridized carbons (Fsp3) is 0.0392. The Morgan fingerprint density at radius 2 is 0.918 bits per heavy atom. The van der Waals surface area contributed by atoms with Crippen molar-refractivity contribution in [3.8, 4) is 73.7 Å². The first-order valence-electron chi connectivity index (χ1n) is 19.1. The SMILES string of the molecule is Cc1cc(-c2ccccn2)[c-]c(Oc2[c-]c3c(cc2)c2ccc(Oc4[c-]c(-c5ccccn5)cc(C)c4-c4ccccc4)[c-]c2n3-c2ncncn2)c1-c1ccccc1.[Pt+2].[Pt+2]. The number of rotatable bonds is 9. The summed E-state index contributed by atoms with van der Waals surface area (Å²) in [6.07, 6.45) is 6.50. The molecule has 8 nitrogen and oxygen atoms in total. The zero-order valence-corrected chi connectivity index (χ0v) is 37.2. The van der Waals surface area contributed by atoms with Gasteiger partial charge in [0.15, 0.2) is 0 Å². The number of hydrogen-bond donors (Lipinski definition) is 0. The van der Waals surface area contributed by atoms with E-state index in [9.17, 15) is 0 Å². The van der Waals surface area contributed by atoms with E-state index in [1.54, 1.807) is 12.4 Å². The Labute approximate surface area is 381 Å². The van der Waals surface area contributed by atoms with Gasteiger partial charge in [0.25, 0.3) is 0 Å². The number of hydrogen-bond acceptors (Lipinski definition) is 7. The van der Waals surface area contributed by atoms with Crippen LogP contribution in [0.3, 0.4) is 0 Å². The zero-order chi connectivity index (χ0) is 39.7. The third-order valence-corrected chi connectivity index (χ3v) is 10.1. The van der Waals surface area contributed by atoms with Crippen LogP contribution in [0, 0.1) is 38.1 Å².